The fraction of sp³-hybridized carbons (Fsp3) is 0. The van der Waals surface area contributed by atoms with Crippen molar-refractivity contribution >= 4 is 28.3 Å². The standard InChI is InChI=1S/C22H14F2N2O2/c23-15-11-16(24)13-18(12-15)26-22-19(10-14-6-4-5-9-20(14)28-22)21(27)25-17-7-2-1-3-8-17/h1-13H,(H,25,27). The maximum absolute atomic E-state index is 13.5. The molecule has 0 atom stereocenters. The SMILES string of the molecule is O=C(Nc1ccccc1)c1cc2ccccc2oc1=Nc1cc(F)cc(F)c1. The van der Waals surface area contributed by atoms with Crippen LogP contribution in [0.4, 0.5) is 20.2 Å². The molecular weight excluding hydrogens is 362 g/mol. The molecule has 0 saturated carbocycles. The van der Waals surface area contributed by atoms with Gasteiger partial charge in [-0.3, -0.25) is 4.79 Å². The number of benzene rings is 3. The number of hydrogen-bond donors (Lipinski definition) is 1. The van der Waals surface area contributed by atoms with E-state index >= 15 is 0 Å². The second-order valence-corrected chi connectivity index (χ2v) is 6.06. The number of nitrogens with zero attached hydrogens (tertiary/aromatic N) is 1. The molecule has 0 aliphatic heterocycles. The molecule has 1 heterocycles. The molecule has 0 radical (unpaired) electrons. The minimum atomic E-state index is -0.769. The Labute approximate surface area is 158 Å². The van der Waals surface area contributed by atoms with E-state index in [1.165, 1.54) is 0 Å². The molecule has 0 spiro atoms. The van der Waals surface area contributed by atoms with Crippen molar-refractivity contribution in [1.82, 2.24) is 0 Å². The van der Waals surface area contributed by atoms with Gasteiger partial charge in [-0.2, -0.15) is 0 Å². The molecule has 28 heavy (non-hydrogen) atoms. The normalized spacial score (nSPS) is 11.6. The molecule has 0 fully saturated rings. The highest BCUT2D eigenvalue weighted by molar-refractivity contribution is 6.05. The Balaban J connectivity index is 1.87. The summed E-state index contributed by atoms with van der Waals surface area (Å²) in [6, 6.07) is 20.5. The van der Waals surface area contributed by atoms with Crippen molar-refractivity contribution in [3.05, 3.63) is 102 Å². The van der Waals surface area contributed by atoms with Crippen LogP contribution in [0.5, 0.6) is 0 Å². The number of halogens is 2. The van der Waals surface area contributed by atoms with Crippen LogP contribution in [0.25, 0.3) is 11.0 Å². The van der Waals surface area contributed by atoms with Crippen molar-refractivity contribution in [2.45, 2.75) is 0 Å². The smallest absolute Gasteiger partial charge is 0.261 e. The van der Waals surface area contributed by atoms with Crippen LogP contribution >= 0.6 is 0 Å². The molecule has 3 aromatic carbocycles. The number of rotatable bonds is 3. The van der Waals surface area contributed by atoms with Gasteiger partial charge in [0.15, 0.2) is 0 Å². The predicted molar refractivity (Wildman–Crippen MR) is 102 cm³/mol. The highest BCUT2D eigenvalue weighted by Gasteiger charge is 2.13. The topological polar surface area (TPSA) is 54.6 Å². The zero-order chi connectivity index (χ0) is 19.5. The lowest BCUT2D eigenvalue weighted by atomic mass is 10.1. The summed E-state index contributed by atoms with van der Waals surface area (Å²) < 4.78 is 32.8. The van der Waals surface area contributed by atoms with Gasteiger partial charge in [-0.05, 0) is 36.4 Å². The molecule has 1 amide bonds. The molecule has 0 unspecified atom stereocenters. The molecule has 1 N–H and O–H groups in total. The number of fused-ring (bicyclic) bond motifs is 1. The van der Waals surface area contributed by atoms with Gasteiger partial charge in [0.1, 0.15) is 22.8 Å². The molecule has 0 bridgehead atoms. The second kappa shape index (κ2) is 7.44. The summed E-state index contributed by atoms with van der Waals surface area (Å²) >= 11 is 0. The van der Waals surface area contributed by atoms with Crippen LogP contribution in [-0.4, -0.2) is 5.91 Å². The molecular formula is C22H14F2N2O2. The number of anilines is 1. The molecule has 4 aromatic rings. The minimum absolute atomic E-state index is 0.00490. The lowest BCUT2D eigenvalue weighted by Crippen LogP contribution is -2.21. The van der Waals surface area contributed by atoms with Crippen LogP contribution in [0.3, 0.4) is 0 Å². The van der Waals surface area contributed by atoms with Gasteiger partial charge in [-0.15, -0.1) is 0 Å². The van der Waals surface area contributed by atoms with E-state index in [2.05, 4.69) is 10.3 Å². The summed E-state index contributed by atoms with van der Waals surface area (Å²) in [6.07, 6.45) is 0. The molecule has 138 valence electrons. The fourth-order valence-electron chi connectivity index (χ4n) is 2.76. The Bertz CT molecular complexity index is 1210. The molecule has 4 rings (SSSR count). The monoisotopic (exact) mass is 376 g/mol. The quantitative estimate of drug-likeness (QED) is 0.535. The van der Waals surface area contributed by atoms with Gasteiger partial charge in [0.05, 0.1) is 5.69 Å². The van der Waals surface area contributed by atoms with Crippen LogP contribution in [0, 0.1) is 11.6 Å². The maximum atomic E-state index is 13.5. The summed E-state index contributed by atoms with van der Waals surface area (Å²) in [5, 5.41) is 3.46. The first kappa shape index (κ1) is 17.6. The zero-order valence-corrected chi connectivity index (χ0v) is 14.5. The van der Waals surface area contributed by atoms with E-state index in [-0.39, 0.29) is 16.8 Å². The van der Waals surface area contributed by atoms with E-state index in [1.54, 1.807) is 48.5 Å². The van der Waals surface area contributed by atoms with Gasteiger partial charge in [0.2, 0.25) is 5.55 Å². The van der Waals surface area contributed by atoms with E-state index in [1.807, 2.05) is 12.1 Å². The molecule has 0 aliphatic rings. The van der Waals surface area contributed by atoms with Crippen LogP contribution in [0.2, 0.25) is 0 Å². The van der Waals surface area contributed by atoms with E-state index in [4.69, 9.17) is 4.42 Å². The van der Waals surface area contributed by atoms with Crippen molar-refractivity contribution in [1.29, 1.82) is 0 Å². The van der Waals surface area contributed by atoms with Crippen molar-refractivity contribution < 1.29 is 18.0 Å². The molecule has 0 saturated heterocycles. The summed E-state index contributed by atoms with van der Waals surface area (Å²) in [4.78, 5) is 17.0. The third kappa shape index (κ3) is 3.81. The molecule has 0 aliphatic carbocycles. The van der Waals surface area contributed by atoms with Crippen LogP contribution in [0.1, 0.15) is 10.4 Å². The lowest BCUT2D eigenvalue weighted by molar-refractivity contribution is 0.102. The first-order valence-corrected chi connectivity index (χ1v) is 8.48. The highest BCUT2D eigenvalue weighted by Crippen LogP contribution is 2.18. The lowest BCUT2D eigenvalue weighted by Gasteiger charge is -2.07. The van der Waals surface area contributed by atoms with Crippen molar-refractivity contribution in [2.75, 3.05) is 5.32 Å². The number of para-hydroxylation sites is 2. The van der Waals surface area contributed by atoms with E-state index in [0.29, 0.717) is 16.7 Å². The van der Waals surface area contributed by atoms with Gasteiger partial charge in [-0.25, -0.2) is 13.8 Å². The number of carbonyl (C=O) groups excluding carboxylic acids is 1. The van der Waals surface area contributed by atoms with Gasteiger partial charge >= 0.3 is 0 Å². The van der Waals surface area contributed by atoms with Crippen molar-refractivity contribution in [2.24, 2.45) is 4.99 Å². The van der Waals surface area contributed by atoms with Crippen LogP contribution < -0.4 is 10.9 Å². The fourth-order valence-corrected chi connectivity index (χ4v) is 2.76. The Morgan fingerprint density at radius 2 is 1.54 bits per heavy atom. The summed E-state index contributed by atoms with van der Waals surface area (Å²) in [6.45, 7) is 0. The Kier molecular flexibility index (Phi) is 4.68. The van der Waals surface area contributed by atoms with Gasteiger partial charge in [0, 0.05) is 17.1 Å². The van der Waals surface area contributed by atoms with E-state index < -0.39 is 17.5 Å². The second-order valence-electron chi connectivity index (χ2n) is 6.06. The van der Waals surface area contributed by atoms with Crippen molar-refractivity contribution in [3.63, 3.8) is 0 Å². The van der Waals surface area contributed by atoms with Crippen LogP contribution in [0.15, 0.2) is 88.3 Å². The first-order chi connectivity index (χ1) is 13.6. The van der Waals surface area contributed by atoms with Crippen molar-refractivity contribution in [3.8, 4) is 0 Å². The summed E-state index contributed by atoms with van der Waals surface area (Å²) in [5.74, 6) is -1.99. The van der Waals surface area contributed by atoms with Gasteiger partial charge in [-0.1, -0.05) is 36.4 Å². The third-order valence-corrected chi connectivity index (χ3v) is 4.01. The minimum Gasteiger partial charge on any atom is -0.438 e. The Hall–Kier alpha value is -3.80. The zero-order valence-electron chi connectivity index (χ0n) is 14.5. The average Bonchev–Trinajstić information content (AvgIpc) is 2.67. The van der Waals surface area contributed by atoms with E-state index in [9.17, 15) is 13.6 Å². The Morgan fingerprint density at radius 1 is 0.857 bits per heavy atom. The number of hydrogen-bond acceptors (Lipinski definition) is 3. The average molecular weight is 376 g/mol. The first-order valence-electron chi connectivity index (χ1n) is 8.48. The summed E-state index contributed by atoms with van der Waals surface area (Å²) in [7, 11) is 0. The molecule has 6 heteroatoms. The number of carbonyl (C=O) groups is 1. The molecule has 4 nitrogen and oxygen atoms in total. The van der Waals surface area contributed by atoms with Crippen LogP contribution in [-0.2, 0) is 0 Å². The maximum Gasteiger partial charge on any atom is 0.261 e. The molecule has 1 aromatic heterocycles. The van der Waals surface area contributed by atoms with E-state index in [0.717, 1.165) is 18.2 Å². The van der Waals surface area contributed by atoms with Gasteiger partial charge < -0.3 is 9.73 Å². The Morgan fingerprint density at radius 3 is 2.29 bits per heavy atom. The number of nitrogens with one attached hydrogen (secondary N) is 1. The largest absolute Gasteiger partial charge is 0.438 e. The highest BCUT2D eigenvalue weighted by atomic mass is 19.1. The third-order valence-electron chi connectivity index (χ3n) is 4.01. The van der Waals surface area contributed by atoms with Gasteiger partial charge in [0.25, 0.3) is 5.91 Å². The summed E-state index contributed by atoms with van der Waals surface area (Å²) in [5.41, 5.74) is 1.20. The number of amides is 1. The predicted octanol–water partition coefficient (Wildman–Crippen LogP) is 5.20.